The van der Waals surface area contributed by atoms with Gasteiger partial charge in [0, 0.05) is 45.1 Å². The van der Waals surface area contributed by atoms with Crippen molar-refractivity contribution < 1.29 is 23.9 Å². The Labute approximate surface area is 192 Å². The Morgan fingerprint density at radius 3 is 2.24 bits per heavy atom. The summed E-state index contributed by atoms with van der Waals surface area (Å²) in [6.45, 7) is 7.56. The molecule has 0 unspecified atom stereocenters. The Balaban J connectivity index is 1.40. The molecule has 3 rings (SSSR count). The summed E-state index contributed by atoms with van der Waals surface area (Å²) >= 11 is 0. The third kappa shape index (κ3) is 7.44. The smallest absolute Gasteiger partial charge is 0.407 e. The number of alkyl carbamates (subject to hydrolysis) is 1. The van der Waals surface area contributed by atoms with Crippen molar-refractivity contribution in [2.45, 2.75) is 32.9 Å². The number of carbonyl (C=O) groups excluding carboxylic acids is 3. The molecule has 1 aliphatic rings. The molecule has 1 aromatic heterocycles. The molecule has 1 N–H and O–H groups in total. The molecule has 176 valence electrons. The number of ether oxygens (including phenoxy) is 2. The molecular formula is C23H29N5O5. The molecule has 0 saturated carbocycles. The van der Waals surface area contributed by atoms with Gasteiger partial charge in [0.25, 0.3) is 5.91 Å². The van der Waals surface area contributed by atoms with Crippen molar-refractivity contribution in [1.29, 1.82) is 0 Å². The van der Waals surface area contributed by atoms with E-state index in [1.165, 1.54) is 0 Å². The van der Waals surface area contributed by atoms with Gasteiger partial charge in [-0.2, -0.15) is 0 Å². The first-order valence-electron chi connectivity index (χ1n) is 10.7. The fourth-order valence-corrected chi connectivity index (χ4v) is 3.16. The molecule has 33 heavy (non-hydrogen) atoms. The third-order valence-corrected chi connectivity index (χ3v) is 4.82. The number of hydrogen-bond donors (Lipinski definition) is 1. The van der Waals surface area contributed by atoms with Gasteiger partial charge < -0.3 is 24.6 Å². The Morgan fingerprint density at radius 2 is 1.64 bits per heavy atom. The van der Waals surface area contributed by atoms with Crippen LogP contribution in [0.25, 0.3) is 0 Å². The minimum absolute atomic E-state index is 0.241. The average Bonchev–Trinajstić information content (AvgIpc) is 2.81. The number of rotatable bonds is 6. The molecule has 10 nitrogen and oxygen atoms in total. The predicted octanol–water partition coefficient (Wildman–Crippen LogP) is 2.01. The summed E-state index contributed by atoms with van der Waals surface area (Å²) < 4.78 is 10.4. The summed E-state index contributed by atoms with van der Waals surface area (Å²) in [7, 11) is 0. The summed E-state index contributed by atoms with van der Waals surface area (Å²) in [5.41, 5.74) is 0.558. The summed E-state index contributed by atoms with van der Waals surface area (Å²) in [5, 5.41) is 2.66. The number of amides is 2. The minimum atomic E-state index is -0.577. The number of piperazine rings is 1. The van der Waals surface area contributed by atoms with Crippen LogP contribution in [0.15, 0.2) is 42.7 Å². The average molecular weight is 456 g/mol. The van der Waals surface area contributed by atoms with E-state index in [9.17, 15) is 14.4 Å². The van der Waals surface area contributed by atoms with Crippen LogP contribution >= 0.6 is 0 Å². The largest absolute Gasteiger partial charge is 0.452 e. The second-order valence-electron chi connectivity index (χ2n) is 8.55. The molecule has 1 fully saturated rings. The van der Waals surface area contributed by atoms with Crippen molar-refractivity contribution in [3.8, 4) is 0 Å². The molecule has 0 bridgehead atoms. The maximum atomic E-state index is 12.4. The monoisotopic (exact) mass is 455 g/mol. The van der Waals surface area contributed by atoms with Gasteiger partial charge in [0.2, 0.25) is 5.95 Å². The van der Waals surface area contributed by atoms with Crippen molar-refractivity contribution in [2.24, 2.45) is 0 Å². The first kappa shape index (κ1) is 24.0. The number of nitrogens with zero attached hydrogens (tertiary/aromatic N) is 4. The number of nitrogens with one attached hydrogen (secondary N) is 1. The lowest BCUT2D eigenvalue weighted by Crippen LogP contribution is -2.50. The van der Waals surface area contributed by atoms with Crippen LogP contribution in [0.3, 0.4) is 0 Å². The minimum Gasteiger partial charge on any atom is -0.452 e. The lowest BCUT2D eigenvalue weighted by Gasteiger charge is -2.34. The highest BCUT2D eigenvalue weighted by Gasteiger charge is 2.23. The highest BCUT2D eigenvalue weighted by atomic mass is 16.6. The van der Waals surface area contributed by atoms with Crippen molar-refractivity contribution in [1.82, 2.24) is 20.2 Å². The summed E-state index contributed by atoms with van der Waals surface area (Å²) in [5.74, 6) is -0.178. The van der Waals surface area contributed by atoms with Crippen molar-refractivity contribution >= 4 is 23.9 Å². The van der Waals surface area contributed by atoms with Gasteiger partial charge in [-0.15, -0.1) is 0 Å². The van der Waals surface area contributed by atoms with E-state index >= 15 is 0 Å². The molecule has 2 aromatic rings. The van der Waals surface area contributed by atoms with Crippen LogP contribution in [-0.4, -0.2) is 71.2 Å². The fraction of sp³-hybridized carbons (Fsp3) is 0.435. The zero-order valence-corrected chi connectivity index (χ0v) is 19.1. The van der Waals surface area contributed by atoms with E-state index in [0.29, 0.717) is 37.7 Å². The SMILES string of the molecule is CC(C)(C)OC(=O)NCc1ccc(C(=O)OCC(=O)N2CCN(c3ncccn3)CC2)cc1. The number of benzene rings is 1. The molecule has 0 aliphatic carbocycles. The second kappa shape index (κ2) is 10.8. The summed E-state index contributed by atoms with van der Waals surface area (Å²) in [4.78, 5) is 48.6. The van der Waals surface area contributed by atoms with Crippen LogP contribution in [0, 0.1) is 0 Å². The van der Waals surface area contributed by atoms with E-state index < -0.39 is 17.7 Å². The lowest BCUT2D eigenvalue weighted by atomic mass is 10.1. The zero-order chi connectivity index (χ0) is 23.8. The normalized spacial score (nSPS) is 13.9. The molecule has 1 aliphatic heterocycles. The topological polar surface area (TPSA) is 114 Å². The number of aromatic nitrogens is 2. The van der Waals surface area contributed by atoms with Crippen LogP contribution in [0.4, 0.5) is 10.7 Å². The van der Waals surface area contributed by atoms with Crippen molar-refractivity contribution in [3.63, 3.8) is 0 Å². The molecule has 1 saturated heterocycles. The van der Waals surface area contributed by atoms with Gasteiger partial charge in [-0.1, -0.05) is 12.1 Å². The summed E-state index contributed by atoms with van der Waals surface area (Å²) in [6, 6.07) is 8.36. The molecule has 0 spiro atoms. The van der Waals surface area contributed by atoms with Crippen LogP contribution in [0.2, 0.25) is 0 Å². The molecule has 2 amide bonds. The first-order chi connectivity index (χ1) is 15.7. The quantitative estimate of drug-likeness (QED) is 0.658. The Morgan fingerprint density at radius 1 is 1.00 bits per heavy atom. The standard InChI is InChI=1S/C23H29N5O5/c1-23(2,3)33-22(31)26-15-17-5-7-18(8-6-17)20(30)32-16-19(29)27-11-13-28(14-12-27)21-24-9-4-10-25-21/h4-10H,11-16H2,1-3H3,(H,26,31). The van der Waals surface area contributed by atoms with Gasteiger partial charge in [0.15, 0.2) is 6.61 Å². The van der Waals surface area contributed by atoms with Crippen molar-refractivity contribution in [3.05, 3.63) is 53.9 Å². The number of esters is 1. The summed E-state index contributed by atoms with van der Waals surface area (Å²) in [6.07, 6.45) is 2.86. The fourth-order valence-electron chi connectivity index (χ4n) is 3.16. The van der Waals surface area contributed by atoms with E-state index in [4.69, 9.17) is 9.47 Å². The maximum Gasteiger partial charge on any atom is 0.407 e. The van der Waals surface area contributed by atoms with Gasteiger partial charge in [-0.05, 0) is 44.5 Å². The number of hydrogen-bond acceptors (Lipinski definition) is 8. The van der Waals surface area contributed by atoms with Crippen molar-refractivity contribution in [2.75, 3.05) is 37.7 Å². The van der Waals surface area contributed by atoms with Crippen LogP contribution in [0.1, 0.15) is 36.7 Å². The van der Waals surface area contributed by atoms with Gasteiger partial charge in [0.05, 0.1) is 5.56 Å². The van der Waals surface area contributed by atoms with Gasteiger partial charge in [0.1, 0.15) is 5.60 Å². The molecular weight excluding hydrogens is 426 g/mol. The Kier molecular flexibility index (Phi) is 7.81. The molecule has 2 heterocycles. The van der Waals surface area contributed by atoms with E-state index in [2.05, 4.69) is 15.3 Å². The maximum absolute atomic E-state index is 12.4. The zero-order valence-electron chi connectivity index (χ0n) is 19.1. The third-order valence-electron chi connectivity index (χ3n) is 4.82. The highest BCUT2D eigenvalue weighted by Crippen LogP contribution is 2.11. The van der Waals surface area contributed by atoms with Crippen LogP contribution < -0.4 is 10.2 Å². The lowest BCUT2D eigenvalue weighted by molar-refractivity contribution is -0.134. The first-order valence-corrected chi connectivity index (χ1v) is 10.7. The Bertz CT molecular complexity index is 951. The van der Waals surface area contributed by atoms with Crippen LogP contribution in [0.5, 0.6) is 0 Å². The molecule has 10 heteroatoms. The van der Waals surface area contributed by atoms with Gasteiger partial charge >= 0.3 is 12.1 Å². The van der Waals surface area contributed by atoms with E-state index in [-0.39, 0.29) is 19.1 Å². The molecule has 0 atom stereocenters. The number of anilines is 1. The van der Waals surface area contributed by atoms with Crippen LogP contribution in [-0.2, 0) is 20.8 Å². The Hall–Kier alpha value is -3.69. The molecule has 0 radical (unpaired) electrons. The van der Waals surface area contributed by atoms with Gasteiger partial charge in [-0.25, -0.2) is 19.6 Å². The predicted molar refractivity (Wildman–Crippen MR) is 121 cm³/mol. The number of carbonyl (C=O) groups is 3. The van der Waals surface area contributed by atoms with Gasteiger partial charge in [-0.3, -0.25) is 4.79 Å². The molecule has 1 aromatic carbocycles. The second-order valence-corrected chi connectivity index (χ2v) is 8.55. The van der Waals surface area contributed by atoms with E-state index in [1.54, 1.807) is 68.4 Å². The van der Waals surface area contributed by atoms with E-state index in [0.717, 1.165) is 5.56 Å². The van der Waals surface area contributed by atoms with E-state index in [1.807, 2.05) is 4.90 Å². The highest BCUT2D eigenvalue weighted by molar-refractivity contribution is 5.91.